The summed E-state index contributed by atoms with van der Waals surface area (Å²) in [5.41, 5.74) is 0. The van der Waals surface area contributed by atoms with Crippen molar-refractivity contribution in [2.24, 2.45) is 0 Å². The van der Waals surface area contributed by atoms with Gasteiger partial charge in [-0.15, -0.1) is 0 Å². The molecule has 0 radical (unpaired) electrons. The number of rotatable bonds is 2. The topological polar surface area (TPSA) is 54.5 Å². The van der Waals surface area contributed by atoms with Gasteiger partial charge in [0, 0.05) is 29.6 Å². The fraction of sp³-hybridized carbons (Fsp3) is 0.375. The maximum atomic E-state index is 12.9. The molecule has 0 saturated carbocycles. The van der Waals surface area contributed by atoms with Crippen LogP contribution in [0.5, 0.6) is 0 Å². The van der Waals surface area contributed by atoms with Crippen LogP contribution in [0, 0.1) is 0 Å². The Hall–Kier alpha value is -1.24. The molecule has 0 spiro atoms. The van der Waals surface area contributed by atoms with Crippen LogP contribution in [-0.4, -0.2) is 40.5 Å². The van der Waals surface area contributed by atoms with Gasteiger partial charge in [0.15, 0.2) is 0 Å². The van der Waals surface area contributed by atoms with E-state index in [-0.39, 0.29) is 6.54 Å². The Balaban J connectivity index is 1.99. The molecule has 118 valence electrons. The summed E-state index contributed by atoms with van der Waals surface area (Å²) < 4.78 is 38.6. The first-order chi connectivity index (χ1) is 10.3. The van der Waals surface area contributed by atoms with E-state index in [1.807, 2.05) is 44.2 Å². The molecule has 2 aromatic rings. The van der Waals surface area contributed by atoms with Crippen molar-refractivity contribution in [3.8, 4) is 0 Å². The highest BCUT2D eigenvalue weighted by atomic mass is 32.2. The van der Waals surface area contributed by atoms with Gasteiger partial charge >= 0.3 is 0 Å². The molecule has 4 nitrogen and oxygen atoms in total. The second kappa shape index (κ2) is 5.44. The Morgan fingerprint density at radius 3 is 2.45 bits per heavy atom. The van der Waals surface area contributed by atoms with E-state index in [2.05, 4.69) is 0 Å². The van der Waals surface area contributed by atoms with Crippen molar-refractivity contribution in [2.75, 3.05) is 18.8 Å². The molecular weight excluding hydrogens is 318 g/mol. The average molecular weight is 337 g/mol. The molecule has 1 heterocycles. The highest BCUT2D eigenvalue weighted by molar-refractivity contribution is 7.89. The molecule has 3 rings (SSSR count). The zero-order chi connectivity index (χ0) is 16.0. The molecule has 0 aliphatic carbocycles. The molecule has 0 aromatic heterocycles. The van der Waals surface area contributed by atoms with Gasteiger partial charge in [-0.05, 0) is 36.8 Å². The number of hydrogen-bond donors (Lipinski definition) is 0. The predicted octanol–water partition coefficient (Wildman–Crippen LogP) is 2.37. The van der Waals surface area contributed by atoms with Gasteiger partial charge in [0.2, 0.25) is 10.0 Å². The van der Waals surface area contributed by atoms with Crippen molar-refractivity contribution in [2.45, 2.75) is 23.5 Å². The van der Waals surface area contributed by atoms with Crippen molar-refractivity contribution >= 4 is 31.6 Å². The van der Waals surface area contributed by atoms with Crippen molar-refractivity contribution in [1.82, 2.24) is 4.31 Å². The first-order valence-corrected chi connectivity index (χ1v) is 9.94. The second-order valence-corrected chi connectivity index (χ2v) is 10.3. The molecule has 0 amide bonds. The Morgan fingerprint density at radius 1 is 1.09 bits per heavy atom. The summed E-state index contributed by atoms with van der Waals surface area (Å²) in [6, 6.07) is 12.9. The van der Waals surface area contributed by atoms with Crippen molar-refractivity contribution in [1.29, 1.82) is 0 Å². The van der Waals surface area contributed by atoms with Crippen LogP contribution in [0.3, 0.4) is 0 Å². The second-order valence-electron chi connectivity index (χ2n) is 6.16. The van der Waals surface area contributed by atoms with E-state index in [0.717, 1.165) is 10.8 Å². The maximum absolute atomic E-state index is 12.9. The van der Waals surface area contributed by atoms with Crippen LogP contribution in [0.1, 0.15) is 13.8 Å². The third kappa shape index (κ3) is 2.71. The lowest BCUT2D eigenvalue weighted by Gasteiger charge is -2.36. The van der Waals surface area contributed by atoms with E-state index in [4.69, 9.17) is 0 Å². The number of hydrogen-bond acceptors (Lipinski definition) is 3. The van der Waals surface area contributed by atoms with Crippen LogP contribution in [-0.2, 0) is 20.8 Å². The Labute approximate surface area is 133 Å². The van der Waals surface area contributed by atoms with E-state index in [1.54, 1.807) is 12.1 Å². The molecule has 0 unspecified atom stereocenters. The molecule has 1 saturated heterocycles. The highest BCUT2D eigenvalue weighted by Crippen LogP contribution is 2.27. The molecule has 0 N–H and O–H groups in total. The lowest BCUT2D eigenvalue weighted by molar-refractivity contribution is 0.378. The Bertz CT molecular complexity index is 843. The van der Waals surface area contributed by atoms with Gasteiger partial charge in [-0.1, -0.05) is 30.3 Å². The minimum absolute atomic E-state index is 0.286. The third-order valence-electron chi connectivity index (χ3n) is 4.06. The van der Waals surface area contributed by atoms with E-state index >= 15 is 0 Å². The first-order valence-electron chi connectivity index (χ1n) is 7.18. The summed E-state index contributed by atoms with van der Waals surface area (Å²) >= 11 is 0. The van der Waals surface area contributed by atoms with E-state index in [0.29, 0.717) is 17.2 Å². The summed E-state index contributed by atoms with van der Waals surface area (Å²) in [6.45, 7) is 4.30. The van der Waals surface area contributed by atoms with Crippen molar-refractivity contribution < 1.29 is 12.6 Å². The largest absolute Gasteiger partial charge is 0.259 e. The molecule has 1 atom stereocenters. The Morgan fingerprint density at radius 2 is 1.77 bits per heavy atom. The van der Waals surface area contributed by atoms with Gasteiger partial charge in [-0.2, -0.15) is 4.31 Å². The van der Waals surface area contributed by atoms with Crippen LogP contribution < -0.4 is 0 Å². The molecule has 6 heteroatoms. The summed E-state index contributed by atoms with van der Waals surface area (Å²) in [6.07, 6.45) is 0. The van der Waals surface area contributed by atoms with Gasteiger partial charge in [0.1, 0.15) is 0 Å². The molecule has 1 aliphatic heterocycles. The first kappa shape index (κ1) is 15.6. The van der Waals surface area contributed by atoms with Gasteiger partial charge in [0.25, 0.3) is 0 Å². The molecule has 1 fully saturated rings. The Kier molecular flexibility index (Phi) is 3.87. The molecule has 2 aromatic carbocycles. The van der Waals surface area contributed by atoms with Gasteiger partial charge in [-0.25, -0.2) is 8.42 Å². The van der Waals surface area contributed by atoms with Crippen LogP contribution >= 0.6 is 0 Å². The van der Waals surface area contributed by atoms with Gasteiger partial charge < -0.3 is 0 Å². The van der Waals surface area contributed by atoms with Crippen LogP contribution in [0.25, 0.3) is 10.8 Å². The minimum Gasteiger partial charge on any atom is -0.259 e. The number of sulfonamides is 1. The van der Waals surface area contributed by atoms with E-state index in [1.165, 1.54) is 4.31 Å². The fourth-order valence-electron chi connectivity index (χ4n) is 2.72. The zero-order valence-corrected chi connectivity index (χ0v) is 14.3. The molecular formula is C16H19NO3S2. The summed E-state index contributed by atoms with van der Waals surface area (Å²) in [7, 11) is -4.54. The summed E-state index contributed by atoms with van der Waals surface area (Å²) in [5.74, 6) is 0.389. The standard InChI is InChI=1S/C16H19NO3S2/c1-16(2)12-17(9-10-21(16)18)22(19,20)15-8-7-13-5-3-4-6-14(13)11-15/h3-8,11H,9-10,12H2,1-2H3/t21-/m1/s1. The SMILES string of the molecule is CC1(C)CN(S(=O)(=O)c2ccc3ccccc3c2)CC[S@]1=O. The van der Waals surface area contributed by atoms with E-state index in [9.17, 15) is 12.6 Å². The fourth-order valence-corrected chi connectivity index (χ4v) is 5.79. The molecule has 0 bridgehead atoms. The van der Waals surface area contributed by atoms with E-state index < -0.39 is 25.6 Å². The van der Waals surface area contributed by atoms with Crippen LogP contribution in [0.4, 0.5) is 0 Å². The summed E-state index contributed by atoms with van der Waals surface area (Å²) in [4.78, 5) is 0.301. The molecule has 1 aliphatic rings. The van der Waals surface area contributed by atoms with Crippen LogP contribution in [0.2, 0.25) is 0 Å². The summed E-state index contributed by atoms with van der Waals surface area (Å²) in [5, 5.41) is 1.92. The smallest absolute Gasteiger partial charge is 0.243 e. The minimum atomic E-state index is -3.55. The zero-order valence-electron chi connectivity index (χ0n) is 12.7. The van der Waals surface area contributed by atoms with Crippen molar-refractivity contribution in [3.63, 3.8) is 0 Å². The monoisotopic (exact) mass is 337 g/mol. The lowest BCUT2D eigenvalue weighted by atomic mass is 10.1. The van der Waals surface area contributed by atoms with Gasteiger partial charge in [0.05, 0.1) is 9.64 Å². The highest BCUT2D eigenvalue weighted by Gasteiger charge is 2.38. The number of fused-ring (bicyclic) bond motifs is 1. The average Bonchev–Trinajstić information content (AvgIpc) is 2.49. The van der Waals surface area contributed by atoms with Crippen molar-refractivity contribution in [3.05, 3.63) is 42.5 Å². The predicted molar refractivity (Wildman–Crippen MR) is 89.8 cm³/mol. The number of nitrogens with zero attached hydrogens (tertiary/aromatic N) is 1. The maximum Gasteiger partial charge on any atom is 0.243 e. The van der Waals surface area contributed by atoms with Gasteiger partial charge in [-0.3, -0.25) is 4.21 Å². The molecule has 22 heavy (non-hydrogen) atoms. The lowest BCUT2D eigenvalue weighted by Crippen LogP contribution is -2.51. The normalized spacial score (nSPS) is 22.7. The quantitative estimate of drug-likeness (QED) is 0.845. The number of benzene rings is 2. The van der Waals surface area contributed by atoms with Crippen LogP contribution in [0.15, 0.2) is 47.4 Å². The third-order valence-corrected chi connectivity index (χ3v) is 7.81.